The van der Waals surface area contributed by atoms with Gasteiger partial charge in [-0.05, 0) is 30.5 Å². The van der Waals surface area contributed by atoms with Crippen LogP contribution in [0.4, 0.5) is 0 Å². The number of rotatable bonds is 1. The van der Waals surface area contributed by atoms with E-state index in [0.29, 0.717) is 0 Å². The van der Waals surface area contributed by atoms with E-state index in [4.69, 9.17) is 0 Å². The number of benzene rings is 1. The van der Waals surface area contributed by atoms with Gasteiger partial charge in [-0.25, -0.2) is 0 Å². The highest BCUT2D eigenvalue weighted by Crippen LogP contribution is 2.14. The number of hydrogen-bond acceptors (Lipinski definition) is 2. The van der Waals surface area contributed by atoms with E-state index >= 15 is 0 Å². The number of hydrogen-bond donors (Lipinski definition) is 1. The first-order chi connectivity index (χ1) is 6.36. The lowest BCUT2D eigenvalue weighted by atomic mass is 10.1. The van der Waals surface area contributed by atoms with Crippen LogP contribution in [0.2, 0.25) is 0 Å². The molecule has 2 rings (SSSR count). The smallest absolute Gasteiger partial charge is 0.0675 e. The minimum Gasteiger partial charge on any atom is -0.310 e. The van der Waals surface area contributed by atoms with Crippen molar-refractivity contribution in [3.63, 3.8) is 0 Å². The quantitative estimate of drug-likeness (QED) is 0.800. The molecule has 1 aromatic rings. The third-order valence-corrected chi connectivity index (χ3v) is 2.62. The van der Waals surface area contributed by atoms with E-state index in [1.807, 2.05) is 12.1 Å². The predicted molar refractivity (Wildman–Crippen MR) is 57.9 cm³/mol. The molecule has 1 aliphatic rings. The molecule has 1 aromatic carbocycles. The summed E-state index contributed by atoms with van der Waals surface area (Å²) in [5.74, 6) is 0. The summed E-state index contributed by atoms with van der Waals surface area (Å²) in [6.07, 6.45) is 2.25. The van der Waals surface area contributed by atoms with Crippen molar-refractivity contribution >= 4 is 21.6 Å². The minimum atomic E-state index is 1.00. The van der Waals surface area contributed by atoms with Crippen LogP contribution < -0.4 is 5.43 Å². The minimum absolute atomic E-state index is 1.00. The maximum Gasteiger partial charge on any atom is 0.0675 e. The van der Waals surface area contributed by atoms with Gasteiger partial charge in [0.1, 0.15) is 0 Å². The molecule has 0 spiro atoms. The largest absolute Gasteiger partial charge is 0.310 e. The van der Waals surface area contributed by atoms with E-state index < -0.39 is 0 Å². The molecule has 0 aliphatic carbocycles. The summed E-state index contributed by atoms with van der Waals surface area (Å²) >= 11 is 3.41. The highest BCUT2D eigenvalue weighted by molar-refractivity contribution is 9.10. The molecule has 0 radical (unpaired) electrons. The normalized spacial score (nSPS) is 16.2. The molecule has 0 atom stereocenters. The van der Waals surface area contributed by atoms with Gasteiger partial charge < -0.3 is 5.43 Å². The lowest BCUT2D eigenvalue weighted by Crippen LogP contribution is -2.19. The number of nitrogens with zero attached hydrogens (tertiary/aromatic N) is 1. The van der Waals surface area contributed by atoms with Gasteiger partial charge in [0, 0.05) is 11.0 Å². The van der Waals surface area contributed by atoms with Crippen LogP contribution in [0.25, 0.3) is 0 Å². The Morgan fingerprint density at radius 1 is 1.23 bits per heavy atom. The summed E-state index contributed by atoms with van der Waals surface area (Å²) in [5, 5.41) is 4.28. The van der Waals surface area contributed by atoms with Crippen molar-refractivity contribution in [1.29, 1.82) is 0 Å². The van der Waals surface area contributed by atoms with Gasteiger partial charge in [-0.1, -0.05) is 28.1 Å². The zero-order valence-corrected chi connectivity index (χ0v) is 8.84. The third kappa shape index (κ3) is 2.10. The molecule has 0 saturated carbocycles. The predicted octanol–water partition coefficient (Wildman–Crippen LogP) is 2.54. The molecule has 0 saturated heterocycles. The Hall–Kier alpha value is -0.830. The molecule has 0 unspecified atom stereocenters. The van der Waals surface area contributed by atoms with Gasteiger partial charge in [0.15, 0.2) is 0 Å². The van der Waals surface area contributed by atoms with Crippen LogP contribution in [0.1, 0.15) is 18.4 Å². The molecule has 0 amide bonds. The van der Waals surface area contributed by atoms with E-state index in [1.165, 1.54) is 17.7 Å². The second kappa shape index (κ2) is 3.92. The molecule has 1 heterocycles. The van der Waals surface area contributed by atoms with Crippen molar-refractivity contribution in [2.75, 3.05) is 6.54 Å². The lowest BCUT2D eigenvalue weighted by molar-refractivity contribution is 0.662. The third-order valence-electron chi connectivity index (χ3n) is 2.09. The SMILES string of the molecule is Brc1ccc(C2=NNCCC2)cc1. The second-order valence-electron chi connectivity index (χ2n) is 3.08. The highest BCUT2D eigenvalue weighted by Gasteiger charge is 2.06. The van der Waals surface area contributed by atoms with Crippen molar-refractivity contribution in [3.8, 4) is 0 Å². The fraction of sp³-hybridized carbons (Fsp3) is 0.300. The van der Waals surface area contributed by atoms with Gasteiger partial charge in [-0.3, -0.25) is 0 Å². The monoisotopic (exact) mass is 238 g/mol. The maximum atomic E-state index is 4.28. The Labute approximate surface area is 86.2 Å². The Kier molecular flexibility index (Phi) is 2.64. The molecule has 0 fully saturated rings. The van der Waals surface area contributed by atoms with E-state index in [1.54, 1.807) is 0 Å². The first-order valence-electron chi connectivity index (χ1n) is 4.41. The molecule has 2 nitrogen and oxygen atoms in total. The van der Waals surface area contributed by atoms with Gasteiger partial charge in [-0.2, -0.15) is 5.10 Å². The van der Waals surface area contributed by atoms with Gasteiger partial charge in [0.25, 0.3) is 0 Å². The van der Waals surface area contributed by atoms with Crippen LogP contribution in [0, 0.1) is 0 Å². The number of hydrazone groups is 1. The van der Waals surface area contributed by atoms with E-state index in [-0.39, 0.29) is 0 Å². The molecule has 3 heteroatoms. The van der Waals surface area contributed by atoms with E-state index in [0.717, 1.165) is 17.4 Å². The van der Waals surface area contributed by atoms with Crippen LogP contribution in [0.3, 0.4) is 0 Å². The first-order valence-corrected chi connectivity index (χ1v) is 5.21. The average Bonchev–Trinajstić information content (AvgIpc) is 2.20. The van der Waals surface area contributed by atoms with E-state index in [2.05, 4.69) is 38.6 Å². The molecule has 0 aromatic heterocycles. The summed E-state index contributed by atoms with van der Waals surface area (Å²) in [4.78, 5) is 0. The molecule has 13 heavy (non-hydrogen) atoms. The molecule has 1 N–H and O–H groups in total. The Balaban J connectivity index is 2.24. The molecule has 0 bridgehead atoms. The van der Waals surface area contributed by atoms with Crippen LogP contribution in [-0.2, 0) is 0 Å². The van der Waals surface area contributed by atoms with Crippen LogP contribution in [-0.4, -0.2) is 12.3 Å². The van der Waals surface area contributed by atoms with Crippen LogP contribution in [0.5, 0.6) is 0 Å². The molecule has 1 aliphatic heterocycles. The Morgan fingerprint density at radius 2 is 2.00 bits per heavy atom. The summed E-state index contributed by atoms with van der Waals surface area (Å²) in [5.41, 5.74) is 5.41. The van der Waals surface area contributed by atoms with Crippen LogP contribution >= 0.6 is 15.9 Å². The maximum absolute atomic E-state index is 4.28. The zero-order chi connectivity index (χ0) is 9.10. The zero-order valence-electron chi connectivity index (χ0n) is 7.26. The standard InChI is InChI=1S/C10H11BrN2/c11-9-5-3-8(4-6-9)10-2-1-7-12-13-10/h3-6,12H,1-2,7H2. The van der Waals surface area contributed by atoms with Gasteiger partial charge >= 0.3 is 0 Å². The fourth-order valence-electron chi connectivity index (χ4n) is 1.39. The first kappa shape index (κ1) is 8.75. The van der Waals surface area contributed by atoms with Gasteiger partial charge in [0.2, 0.25) is 0 Å². The number of nitrogens with one attached hydrogen (secondary N) is 1. The second-order valence-corrected chi connectivity index (χ2v) is 3.99. The number of halogens is 1. The topological polar surface area (TPSA) is 24.4 Å². The summed E-state index contributed by atoms with van der Waals surface area (Å²) in [6, 6.07) is 8.28. The van der Waals surface area contributed by atoms with Gasteiger partial charge in [-0.15, -0.1) is 0 Å². The molecular weight excluding hydrogens is 228 g/mol. The Morgan fingerprint density at radius 3 is 2.62 bits per heavy atom. The highest BCUT2D eigenvalue weighted by atomic mass is 79.9. The van der Waals surface area contributed by atoms with E-state index in [9.17, 15) is 0 Å². The summed E-state index contributed by atoms with van der Waals surface area (Å²) < 4.78 is 1.11. The van der Waals surface area contributed by atoms with Crippen molar-refractivity contribution < 1.29 is 0 Å². The van der Waals surface area contributed by atoms with Crippen LogP contribution in [0.15, 0.2) is 33.8 Å². The van der Waals surface area contributed by atoms with Crippen molar-refractivity contribution in [1.82, 2.24) is 5.43 Å². The van der Waals surface area contributed by atoms with Crippen molar-refractivity contribution in [2.45, 2.75) is 12.8 Å². The lowest BCUT2D eigenvalue weighted by Gasteiger charge is -2.12. The summed E-state index contributed by atoms with van der Waals surface area (Å²) in [6.45, 7) is 1.00. The van der Waals surface area contributed by atoms with Crippen molar-refractivity contribution in [2.24, 2.45) is 5.10 Å². The molecular formula is C10H11BrN2. The molecule has 68 valence electrons. The van der Waals surface area contributed by atoms with Gasteiger partial charge in [0.05, 0.1) is 5.71 Å². The fourth-order valence-corrected chi connectivity index (χ4v) is 1.66. The van der Waals surface area contributed by atoms with Crippen molar-refractivity contribution in [3.05, 3.63) is 34.3 Å². The summed E-state index contributed by atoms with van der Waals surface area (Å²) in [7, 11) is 0. The Bertz CT molecular complexity index is 316. The average molecular weight is 239 g/mol.